The normalized spacial score (nSPS) is 13.7. The number of benzene rings is 2. The summed E-state index contributed by atoms with van der Waals surface area (Å²) in [4.78, 5) is 73.7. The van der Waals surface area contributed by atoms with Crippen LogP contribution in [-0.4, -0.2) is 215 Å². The van der Waals surface area contributed by atoms with Crippen LogP contribution in [-0.2, 0) is 134 Å². The van der Waals surface area contributed by atoms with E-state index < -0.39 is 104 Å². The molecule has 0 unspecified atom stereocenters. The van der Waals surface area contributed by atoms with Gasteiger partial charge in [-0.1, -0.05) is 48.6 Å². The molecule has 0 radical (unpaired) electrons. The molecule has 31 nitrogen and oxygen atoms in total. The lowest BCUT2D eigenvalue weighted by molar-refractivity contribution is -0.250. The number of cyclic esters (lactones) is 2. The number of ether oxygens (including phenoxy) is 3. The minimum atomic E-state index is -3.27. The molecule has 4 rings (SSSR count). The van der Waals surface area contributed by atoms with Gasteiger partial charge in [0.05, 0.1) is 34.4 Å². The Balaban J connectivity index is 0.00000138. The highest BCUT2D eigenvalue weighted by atomic mass is 32.2. The summed E-state index contributed by atoms with van der Waals surface area (Å²) >= 11 is 0. The first kappa shape index (κ1) is 106. The molecule has 1 saturated heterocycles. The maximum atomic E-state index is 12.6. The van der Waals surface area contributed by atoms with Crippen molar-refractivity contribution in [1.29, 1.82) is 0 Å². The van der Waals surface area contributed by atoms with Gasteiger partial charge in [0.1, 0.15) is 0 Å². The Hall–Kier alpha value is -4.88. The van der Waals surface area contributed by atoms with E-state index in [1.54, 1.807) is 81.4 Å². The summed E-state index contributed by atoms with van der Waals surface area (Å²) in [7, 11) is -20.5. The van der Waals surface area contributed by atoms with E-state index in [4.69, 9.17) is 80.6 Å². The molecule has 3 aromatic rings. The van der Waals surface area contributed by atoms with Crippen LogP contribution < -0.4 is 17.1 Å². The second kappa shape index (κ2) is 56.4. The van der Waals surface area contributed by atoms with Gasteiger partial charge in [0.2, 0.25) is 0 Å². The standard InChI is InChI=1S/C18H31N3O6Si.C16H30O7Si.2C15H26O5SSi.C9H20O5Si/c1-6-12-19-16(22)20(13-7-2)18(24)21(17(19)23)14-11-15-28(25-8-3,26-9-4)27-10-5;1-7-19-24(20-8-2,21-9-3)12-10-11-16(6)13(17)22-15(4,5)23-14(16)18;2*1-4-18-22(19-5-2,20-6-3)14-10-13-21(16,17)15-11-8-7-9-12-15;1-5-12-15(13-6-2,14-7-3)8-11-9(4)10/h6-7H,1-2,8-15H2,3-5H3;7-12H2,1-6H3;2*7-9,11-12H,4-6,10,13-14H2,1-3H3;5-8H2,1-4H3. The summed E-state index contributed by atoms with van der Waals surface area (Å²) in [5, 5.41) is 0. The third kappa shape index (κ3) is 37.7. The Morgan fingerprint density at radius 1 is 0.396 bits per heavy atom. The molecular weight excluding hydrogens is 1570 g/mol. The van der Waals surface area contributed by atoms with Gasteiger partial charge in [0.25, 0.3) is 5.79 Å². The van der Waals surface area contributed by atoms with E-state index in [9.17, 15) is 45.6 Å². The van der Waals surface area contributed by atoms with Gasteiger partial charge in [-0.15, -0.1) is 13.2 Å². The van der Waals surface area contributed by atoms with Crippen molar-refractivity contribution in [3.05, 3.63) is 117 Å². The second-order valence-electron chi connectivity index (χ2n) is 24.4. The number of nitrogens with zero attached hydrogens (tertiary/aromatic N) is 3. The average molecular weight is 1710 g/mol. The van der Waals surface area contributed by atoms with Gasteiger partial charge in [-0.25, -0.2) is 44.9 Å². The topological polar surface area (TPSA) is 352 Å². The van der Waals surface area contributed by atoms with Crippen molar-refractivity contribution < 1.29 is 112 Å². The Kier molecular flexibility index (Phi) is 53.9. The molecule has 1 fully saturated rings. The molecule has 38 heteroatoms. The van der Waals surface area contributed by atoms with Crippen molar-refractivity contribution in [2.24, 2.45) is 5.41 Å². The fourth-order valence-electron chi connectivity index (χ4n) is 11.1. The molecule has 111 heavy (non-hydrogen) atoms. The van der Waals surface area contributed by atoms with E-state index in [2.05, 4.69) is 13.2 Å². The molecule has 0 atom stereocenters. The highest BCUT2D eigenvalue weighted by Gasteiger charge is 2.54. The SMILES string of the molecule is C=CCn1c(=O)n(CC=C)c(=O)n(CCC[Si](OCC)(OCC)OCC)c1=O.CCO[Si](CCCC1(C)C(=O)OC(C)(C)OC1=O)(OCC)OCC.CCO[Si](CCCS(=O)(=O)c1ccccc1)(OCC)OCC.CCO[Si](CCCS(=O)(=O)c1ccccc1)(OCC)OCC.CCO[Si](COC(C)=O)(OCC)OCC. The largest absolute Gasteiger partial charge is 0.540 e. The van der Waals surface area contributed by atoms with Crippen molar-refractivity contribution >= 4 is 81.6 Å². The zero-order chi connectivity index (χ0) is 84.3. The molecule has 640 valence electrons. The van der Waals surface area contributed by atoms with Crippen LogP contribution in [0, 0.1) is 5.41 Å². The van der Waals surface area contributed by atoms with Crippen molar-refractivity contribution in [2.75, 3.05) is 117 Å². The lowest BCUT2D eigenvalue weighted by Crippen LogP contribution is -2.54. The third-order valence-corrected chi connectivity index (χ3v) is 34.4. The minimum Gasteiger partial charge on any atom is -0.461 e. The summed E-state index contributed by atoms with van der Waals surface area (Å²) in [5.41, 5.74) is -3.30. The lowest BCUT2D eigenvalue weighted by Gasteiger charge is -2.38. The van der Waals surface area contributed by atoms with E-state index in [1.165, 1.54) is 19.1 Å². The van der Waals surface area contributed by atoms with Crippen molar-refractivity contribution in [1.82, 2.24) is 13.7 Å². The van der Waals surface area contributed by atoms with Crippen LogP contribution in [0.15, 0.2) is 110 Å². The molecule has 0 aliphatic carbocycles. The van der Waals surface area contributed by atoms with E-state index in [0.717, 1.165) is 13.7 Å². The number of sulfone groups is 2. The molecule has 0 bridgehead atoms. The highest BCUT2D eigenvalue weighted by Crippen LogP contribution is 2.37. The van der Waals surface area contributed by atoms with E-state index in [0.29, 0.717) is 165 Å². The fourth-order valence-corrected chi connectivity index (χ4v) is 26.9. The lowest BCUT2D eigenvalue weighted by atomic mass is 9.85. The van der Waals surface area contributed by atoms with Crippen LogP contribution >= 0.6 is 0 Å². The predicted molar refractivity (Wildman–Crippen MR) is 433 cm³/mol. The molecule has 2 heterocycles. The van der Waals surface area contributed by atoms with E-state index in [1.807, 2.05) is 104 Å². The number of esters is 3. The summed E-state index contributed by atoms with van der Waals surface area (Å²) in [6, 6.07) is 19.0. The minimum absolute atomic E-state index is 0.0185. The Morgan fingerprint density at radius 3 is 0.910 bits per heavy atom. The molecule has 0 saturated carbocycles. The number of rotatable bonds is 54. The van der Waals surface area contributed by atoms with Crippen LogP contribution in [0.2, 0.25) is 24.2 Å². The van der Waals surface area contributed by atoms with Gasteiger partial charge in [0.15, 0.2) is 31.3 Å². The quantitative estimate of drug-likeness (QED) is 0.0219. The number of hydrogen-bond donors (Lipinski definition) is 0. The first-order chi connectivity index (χ1) is 52.6. The average Bonchev–Trinajstić information content (AvgIpc) is 0.786. The first-order valence-corrected chi connectivity index (χ1v) is 51.5. The van der Waals surface area contributed by atoms with Crippen molar-refractivity contribution in [2.45, 2.75) is 223 Å². The summed E-state index contributed by atoms with van der Waals surface area (Å²) < 4.78 is 153. The number of aromatic nitrogens is 3. The molecule has 2 aromatic carbocycles. The van der Waals surface area contributed by atoms with Gasteiger partial charge in [-0.05, 0) is 167 Å². The van der Waals surface area contributed by atoms with Crippen LogP contribution in [0.1, 0.15) is 164 Å². The monoisotopic (exact) mass is 1700 g/mol. The van der Waals surface area contributed by atoms with Gasteiger partial charge < -0.3 is 80.6 Å². The summed E-state index contributed by atoms with van der Waals surface area (Å²) in [6.45, 7) is 48.7. The Labute approximate surface area is 666 Å². The zero-order valence-electron chi connectivity index (χ0n) is 69.6. The van der Waals surface area contributed by atoms with E-state index >= 15 is 0 Å². The number of carbonyl (C=O) groups is 3. The molecule has 0 N–H and O–H groups in total. The smallest absolute Gasteiger partial charge is 0.461 e. The maximum Gasteiger partial charge on any atom is 0.540 e. The summed E-state index contributed by atoms with van der Waals surface area (Å²) in [6.07, 6.45) is 5.14. The van der Waals surface area contributed by atoms with Crippen LogP contribution in [0.25, 0.3) is 0 Å². The van der Waals surface area contributed by atoms with Crippen LogP contribution in [0.5, 0.6) is 0 Å². The number of hydrogen-bond acceptors (Lipinski definition) is 28. The van der Waals surface area contributed by atoms with Crippen LogP contribution in [0.3, 0.4) is 0 Å². The predicted octanol–water partition coefficient (Wildman–Crippen LogP) is 10.6. The van der Waals surface area contributed by atoms with Gasteiger partial charge >= 0.3 is 79.0 Å². The maximum absolute atomic E-state index is 12.6. The van der Waals surface area contributed by atoms with Crippen LogP contribution in [0.4, 0.5) is 0 Å². The van der Waals surface area contributed by atoms with E-state index in [-0.39, 0.29) is 43.3 Å². The molecule has 1 aromatic heterocycles. The van der Waals surface area contributed by atoms with Gasteiger partial charge in [0, 0.05) is 151 Å². The van der Waals surface area contributed by atoms with Gasteiger partial charge in [-0.2, -0.15) is 0 Å². The number of allylic oxidation sites excluding steroid dienone is 2. The van der Waals surface area contributed by atoms with Crippen molar-refractivity contribution in [3.63, 3.8) is 0 Å². The van der Waals surface area contributed by atoms with Gasteiger partial charge in [-0.3, -0.25) is 14.4 Å². The summed E-state index contributed by atoms with van der Waals surface area (Å²) in [5.74, 6) is -2.54. The zero-order valence-corrected chi connectivity index (χ0v) is 76.3. The highest BCUT2D eigenvalue weighted by molar-refractivity contribution is 7.91. The Bertz CT molecular complexity index is 3270. The molecule has 1 aliphatic rings. The molecular formula is C73H133N3O28S2Si5. The third-order valence-electron chi connectivity index (χ3n) is 15.5. The molecule has 0 amide bonds. The second-order valence-corrected chi connectivity index (χ2v) is 42.1. The Morgan fingerprint density at radius 2 is 0.649 bits per heavy atom. The molecule has 0 spiro atoms. The molecule has 1 aliphatic heterocycles. The fraction of sp³-hybridized carbons (Fsp3) is 0.699. The van der Waals surface area contributed by atoms with Crippen molar-refractivity contribution in [3.8, 4) is 0 Å². The first-order valence-electron chi connectivity index (χ1n) is 38.6. The number of carbonyl (C=O) groups excluding carboxylic acids is 3.